The lowest BCUT2D eigenvalue weighted by molar-refractivity contribution is 0.161. The zero-order valence-corrected chi connectivity index (χ0v) is 21.2. The highest BCUT2D eigenvalue weighted by atomic mass is 19.1. The maximum Gasteiger partial charge on any atom is 0.252 e. The first-order valence-electron chi connectivity index (χ1n) is 12.5. The molecule has 0 aliphatic carbocycles. The molecule has 194 valence electrons. The molecule has 1 atom stereocenters. The Morgan fingerprint density at radius 1 is 0.947 bits per heavy atom. The van der Waals surface area contributed by atoms with Crippen molar-refractivity contribution in [1.82, 2.24) is 30.1 Å². The number of halogens is 2. The van der Waals surface area contributed by atoms with Gasteiger partial charge in [0.1, 0.15) is 11.6 Å². The van der Waals surface area contributed by atoms with Crippen molar-refractivity contribution in [2.45, 2.75) is 45.9 Å². The van der Waals surface area contributed by atoms with Crippen LogP contribution in [0.25, 0.3) is 10.9 Å². The number of hydrogen-bond donors (Lipinski definition) is 1. The molecule has 5 rings (SSSR count). The molecule has 2 aromatic heterocycles. The van der Waals surface area contributed by atoms with Crippen LogP contribution in [0.2, 0.25) is 0 Å². The van der Waals surface area contributed by atoms with Crippen LogP contribution < -0.4 is 5.56 Å². The molecule has 0 saturated carbocycles. The Hall–Kier alpha value is -4.24. The van der Waals surface area contributed by atoms with E-state index in [4.69, 9.17) is 0 Å². The molecule has 0 unspecified atom stereocenters. The number of H-pyrrole nitrogens is 1. The number of hydrogen-bond acceptors (Lipinski definition) is 5. The molecular formula is C29H28F2N6O. The van der Waals surface area contributed by atoms with Gasteiger partial charge in [-0.25, -0.2) is 13.5 Å². The van der Waals surface area contributed by atoms with Crippen molar-refractivity contribution in [3.05, 3.63) is 123 Å². The fraction of sp³-hybridized carbons (Fsp3) is 0.241. The van der Waals surface area contributed by atoms with E-state index >= 15 is 0 Å². The summed E-state index contributed by atoms with van der Waals surface area (Å²) in [5, 5.41) is 13.4. The number of benzene rings is 3. The van der Waals surface area contributed by atoms with Crippen LogP contribution in [-0.2, 0) is 19.6 Å². The number of aromatic amines is 1. The Balaban J connectivity index is 1.52. The van der Waals surface area contributed by atoms with Crippen LogP contribution in [-0.4, -0.2) is 30.1 Å². The number of fused-ring (bicyclic) bond motifs is 1. The minimum Gasteiger partial charge on any atom is -0.321 e. The molecule has 3 aromatic carbocycles. The molecule has 7 nitrogen and oxygen atoms in total. The number of rotatable bonds is 9. The summed E-state index contributed by atoms with van der Waals surface area (Å²) in [4.78, 5) is 18.3. The smallest absolute Gasteiger partial charge is 0.252 e. The molecule has 0 bridgehead atoms. The van der Waals surface area contributed by atoms with Gasteiger partial charge in [-0.15, -0.1) is 5.10 Å². The second-order valence-electron chi connectivity index (χ2n) is 9.44. The zero-order valence-electron chi connectivity index (χ0n) is 21.2. The summed E-state index contributed by atoms with van der Waals surface area (Å²) in [5.74, 6) is 0.0160. The van der Waals surface area contributed by atoms with E-state index in [9.17, 15) is 13.6 Å². The van der Waals surface area contributed by atoms with Crippen molar-refractivity contribution in [1.29, 1.82) is 0 Å². The Morgan fingerprint density at radius 3 is 2.32 bits per heavy atom. The molecule has 0 saturated heterocycles. The van der Waals surface area contributed by atoms with Gasteiger partial charge in [-0.05, 0) is 76.2 Å². The van der Waals surface area contributed by atoms with Gasteiger partial charge in [-0.1, -0.05) is 49.4 Å². The first-order valence-corrected chi connectivity index (χ1v) is 12.5. The van der Waals surface area contributed by atoms with Crippen LogP contribution >= 0.6 is 0 Å². The highest BCUT2D eigenvalue weighted by molar-refractivity contribution is 5.81. The molecule has 5 aromatic rings. The molecule has 0 aliphatic rings. The second kappa shape index (κ2) is 11.0. The van der Waals surface area contributed by atoms with E-state index in [1.165, 1.54) is 24.3 Å². The summed E-state index contributed by atoms with van der Waals surface area (Å²) in [6.07, 6.45) is 0.662. The first-order chi connectivity index (χ1) is 18.4. The monoisotopic (exact) mass is 514 g/mol. The Kier molecular flexibility index (Phi) is 7.37. The number of aryl methyl sites for hydroxylation is 1. The van der Waals surface area contributed by atoms with E-state index in [1.807, 2.05) is 38.1 Å². The topological polar surface area (TPSA) is 79.7 Å². The lowest BCUT2D eigenvalue weighted by Gasteiger charge is -2.30. The molecular weight excluding hydrogens is 486 g/mol. The van der Waals surface area contributed by atoms with Crippen molar-refractivity contribution >= 4 is 10.9 Å². The SMILES string of the molecule is CC[C@H](c1nnnn1Cc1ccc(F)cc1)N(Cc1ccc(F)cc1)Cc1cc2cccc(C)c2[nH]c1=O. The van der Waals surface area contributed by atoms with Crippen LogP contribution in [0.5, 0.6) is 0 Å². The van der Waals surface area contributed by atoms with Crippen LogP contribution in [0.15, 0.2) is 77.6 Å². The molecule has 9 heteroatoms. The van der Waals surface area contributed by atoms with Gasteiger partial charge in [-0.3, -0.25) is 9.69 Å². The first kappa shape index (κ1) is 25.4. The summed E-state index contributed by atoms with van der Waals surface area (Å²) >= 11 is 0. The van der Waals surface area contributed by atoms with Gasteiger partial charge in [0, 0.05) is 18.7 Å². The number of nitrogens with one attached hydrogen (secondary N) is 1. The number of nitrogens with zero attached hydrogens (tertiary/aromatic N) is 5. The zero-order chi connectivity index (χ0) is 26.6. The van der Waals surface area contributed by atoms with E-state index in [1.54, 1.807) is 28.9 Å². The molecule has 0 fully saturated rings. The number of tetrazole rings is 1. The second-order valence-corrected chi connectivity index (χ2v) is 9.44. The van der Waals surface area contributed by atoms with Crippen molar-refractivity contribution < 1.29 is 8.78 Å². The van der Waals surface area contributed by atoms with E-state index in [-0.39, 0.29) is 23.2 Å². The summed E-state index contributed by atoms with van der Waals surface area (Å²) in [6, 6.07) is 20.1. The van der Waals surface area contributed by atoms with Crippen LogP contribution in [0, 0.1) is 18.6 Å². The molecule has 38 heavy (non-hydrogen) atoms. The summed E-state index contributed by atoms with van der Waals surface area (Å²) in [7, 11) is 0. The third-order valence-electron chi connectivity index (χ3n) is 6.77. The average molecular weight is 515 g/mol. The van der Waals surface area contributed by atoms with Gasteiger partial charge >= 0.3 is 0 Å². The fourth-order valence-electron chi connectivity index (χ4n) is 4.80. The minimum atomic E-state index is -0.308. The quantitative estimate of drug-likeness (QED) is 0.289. The minimum absolute atomic E-state index is 0.156. The summed E-state index contributed by atoms with van der Waals surface area (Å²) in [6.45, 7) is 5.16. The van der Waals surface area contributed by atoms with Crippen LogP contribution in [0.1, 0.15) is 47.5 Å². The highest BCUT2D eigenvalue weighted by Crippen LogP contribution is 2.27. The van der Waals surface area contributed by atoms with Gasteiger partial charge in [-0.2, -0.15) is 0 Å². The number of aromatic nitrogens is 5. The van der Waals surface area contributed by atoms with Gasteiger partial charge in [0.05, 0.1) is 18.1 Å². The van der Waals surface area contributed by atoms with Gasteiger partial charge < -0.3 is 4.98 Å². The molecule has 0 radical (unpaired) electrons. The molecule has 0 spiro atoms. The predicted molar refractivity (Wildman–Crippen MR) is 141 cm³/mol. The van der Waals surface area contributed by atoms with Crippen molar-refractivity contribution in [2.75, 3.05) is 0 Å². The van der Waals surface area contributed by atoms with Crippen molar-refractivity contribution in [3.63, 3.8) is 0 Å². The largest absolute Gasteiger partial charge is 0.321 e. The standard InChI is InChI=1S/C29H28F2N6O/c1-3-26(28-33-34-35-37(28)17-21-9-13-25(31)14-10-21)36(16-20-7-11-24(30)12-8-20)18-23-15-22-6-4-5-19(2)27(22)32-29(23)38/h4-15,26H,3,16-18H2,1-2H3,(H,32,38)/t26-/m1/s1. The Labute approximate surface area is 218 Å². The maximum atomic E-state index is 13.6. The molecule has 0 aliphatic heterocycles. The van der Waals surface area contributed by atoms with Crippen molar-refractivity contribution in [2.24, 2.45) is 0 Å². The van der Waals surface area contributed by atoms with E-state index in [0.29, 0.717) is 37.4 Å². The number of para-hydroxylation sites is 1. The summed E-state index contributed by atoms with van der Waals surface area (Å²) < 4.78 is 28.7. The lowest BCUT2D eigenvalue weighted by Crippen LogP contribution is -2.32. The molecule has 1 N–H and O–H groups in total. The Morgan fingerprint density at radius 2 is 1.63 bits per heavy atom. The van der Waals surface area contributed by atoms with E-state index in [0.717, 1.165) is 27.6 Å². The van der Waals surface area contributed by atoms with Gasteiger partial charge in [0.15, 0.2) is 5.82 Å². The van der Waals surface area contributed by atoms with Crippen LogP contribution in [0.3, 0.4) is 0 Å². The Bertz CT molecular complexity index is 1590. The fourth-order valence-corrected chi connectivity index (χ4v) is 4.80. The maximum absolute atomic E-state index is 13.6. The molecule has 0 amide bonds. The number of pyridine rings is 1. The van der Waals surface area contributed by atoms with E-state index < -0.39 is 0 Å². The third kappa shape index (κ3) is 5.52. The van der Waals surface area contributed by atoms with E-state index in [2.05, 4.69) is 25.4 Å². The lowest BCUT2D eigenvalue weighted by atomic mass is 10.1. The van der Waals surface area contributed by atoms with Crippen molar-refractivity contribution in [3.8, 4) is 0 Å². The third-order valence-corrected chi connectivity index (χ3v) is 6.77. The molecule has 2 heterocycles. The van der Waals surface area contributed by atoms with Gasteiger partial charge in [0.2, 0.25) is 0 Å². The highest BCUT2D eigenvalue weighted by Gasteiger charge is 2.26. The normalized spacial score (nSPS) is 12.3. The predicted octanol–water partition coefficient (Wildman–Crippen LogP) is 5.30. The van der Waals surface area contributed by atoms with Gasteiger partial charge in [0.25, 0.3) is 5.56 Å². The average Bonchev–Trinajstić information content (AvgIpc) is 3.36. The summed E-state index contributed by atoms with van der Waals surface area (Å²) in [5.41, 5.74) is 4.04. The van der Waals surface area contributed by atoms with Crippen LogP contribution in [0.4, 0.5) is 8.78 Å².